The van der Waals surface area contributed by atoms with Gasteiger partial charge in [0.15, 0.2) is 0 Å². The fraction of sp³-hybridized carbons (Fsp3) is 0.625. The third-order valence-electron chi connectivity index (χ3n) is 3.01. The second-order valence-electron chi connectivity index (χ2n) is 5.44. The van der Waals surface area contributed by atoms with Gasteiger partial charge in [0.1, 0.15) is 0 Å². The molecule has 1 aromatic heterocycles. The van der Waals surface area contributed by atoms with Gasteiger partial charge in [0.2, 0.25) is 0 Å². The molecule has 4 nitrogen and oxygen atoms in total. The smallest absolute Gasteiger partial charge is 0.333 e. The second-order valence-corrected chi connectivity index (χ2v) is 5.44. The maximum atomic E-state index is 11.6. The third-order valence-corrected chi connectivity index (χ3v) is 3.01. The second kappa shape index (κ2) is 9.34. The fourth-order valence-electron chi connectivity index (χ4n) is 2.02. The van der Waals surface area contributed by atoms with Crippen molar-refractivity contribution < 1.29 is 9.53 Å². The van der Waals surface area contributed by atoms with Gasteiger partial charge in [-0.2, -0.15) is 0 Å². The van der Waals surface area contributed by atoms with Gasteiger partial charge in [-0.15, -0.1) is 0 Å². The Balaban J connectivity index is 2.00. The summed E-state index contributed by atoms with van der Waals surface area (Å²) in [6.45, 7) is 7.45. The van der Waals surface area contributed by atoms with Crippen molar-refractivity contribution in [2.45, 2.75) is 53.0 Å². The van der Waals surface area contributed by atoms with E-state index in [-0.39, 0.29) is 5.97 Å². The van der Waals surface area contributed by atoms with E-state index in [0.29, 0.717) is 18.1 Å². The standard InChI is InChI=1S/C16H26N2O2/c1-14(2)12-15(3)16(19)20-11-7-5-4-6-9-18-10-8-17-13-18/h8,10,12-14H,4-7,9,11H2,1-3H3/b15-12-. The lowest BCUT2D eigenvalue weighted by atomic mass is 10.1. The number of carbonyl (C=O) groups is 1. The van der Waals surface area contributed by atoms with Crippen LogP contribution < -0.4 is 0 Å². The molecule has 0 unspecified atom stereocenters. The zero-order valence-corrected chi connectivity index (χ0v) is 12.8. The molecule has 1 rings (SSSR count). The molecule has 0 N–H and O–H groups in total. The first-order chi connectivity index (χ1) is 9.59. The Kier molecular flexibility index (Phi) is 7.70. The van der Waals surface area contributed by atoms with Crippen LogP contribution in [0.5, 0.6) is 0 Å². The van der Waals surface area contributed by atoms with Gasteiger partial charge < -0.3 is 9.30 Å². The van der Waals surface area contributed by atoms with E-state index in [1.165, 1.54) is 0 Å². The number of unbranched alkanes of at least 4 members (excludes halogenated alkanes) is 3. The van der Waals surface area contributed by atoms with Gasteiger partial charge >= 0.3 is 5.97 Å². The molecule has 0 amide bonds. The molecule has 4 heteroatoms. The number of allylic oxidation sites excluding steroid dienone is 1. The number of esters is 1. The zero-order chi connectivity index (χ0) is 14.8. The molecule has 0 spiro atoms. The van der Waals surface area contributed by atoms with Crippen LogP contribution in [0.25, 0.3) is 0 Å². The monoisotopic (exact) mass is 278 g/mol. The summed E-state index contributed by atoms with van der Waals surface area (Å²) in [6, 6.07) is 0. The van der Waals surface area contributed by atoms with Crippen LogP contribution in [0.3, 0.4) is 0 Å². The summed E-state index contributed by atoms with van der Waals surface area (Å²) < 4.78 is 7.32. The van der Waals surface area contributed by atoms with Crippen LogP contribution >= 0.6 is 0 Å². The number of nitrogens with zero attached hydrogens (tertiary/aromatic N) is 2. The molecular weight excluding hydrogens is 252 g/mol. The first-order valence-electron chi connectivity index (χ1n) is 7.41. The summed E-state index contributed by atoms with van der Waals surface area (Å²) in [5, 5.41) is 0. The van der Waals surface area contributed by atoms with Crippen LogP contribution in [-0.4, -0.2) is 22.1 Å². The lowest BCUT2D eigenvalue weighted by Crippen LogP contribution is -2.08. The molecule has 0 fully saturated rings. The van der Waals surface area contributed by atoms with Crippen LogP contribution in [0.2, 0.25) is 0 Å². The molecule has 112 valence electrons. The van der Waals surface area contributed by atoms with Crippen LogP contribution in [0, 0.1) is 5.92 Å². The molecule has 20 heavy (non-hydrogen) atoms. The highest BCUT2D eigenvalue weighted by Crippen LogP contribution is 2.06. The molecule has 0 aliphatic heterocycles. The minimum Gasteiger partial charge on any atom is -0.462 e. The first-order valence-corrected chi connectivity index (χ1v) is 7.41. The molecule has 0 radical (unpaired) electrons. The van der Waals surface area contributed by atoms with Gasteiger partial charge in [-0.3, -0.25) is 0 Å². The van der Waals surface area contributed by atoms with Gasteiger partial charge in [-0.1, -0.05) is 26.3 Å². The van der Waals surface area contributed by atoms with E-state index in [9.17, 15) is 4.79 Å². The fourth-order valence-corrected chi connectivity index (χ4v) is 2.02. The van der Waals surface area contributed by atoms with Crippen molar-refractivity contribution >= 4 is 5.97 Å². The highest BCUT2D eigenvalue weighted by molar-refractivity contribution is 5.87. The predicted octanol–water partition coefficient (Wildman–Crippen LogP) is 3.59. The third kappa shape index (κ3) is 7.12. The molecule has 0 bridgehead atoms. The maximum absolute atomic E-state index is 11.6. The number of hydrogen-bond donors (Lipinski definition) is 0. The Hall–Kier alpha value is -1.58. The Morgan fingerprint density at radius 1 is 1.30 bits per heavy atom. The Morgan fingerprint density at radius 2 is 2.05 bits per heavy atom. The quantitative estimate of drug-likeness (QED) is 0.394. The molecule has 0 aliphatic carbocycles. The largest absolute Gasteiger partial charge is 0.462 e. The van der Waals surface area contributed by atoms with Crippen molar-refractivity contribution in [3.05, 3.63) is 30.4 Å². The minimum atomic E-state index is -0.183. The summed E-state index contributed by atoms with van der Waals surface area (Å²) in [5.74, 6) is 0.197. The van der Waals surface area contributed by atoms with E-state index >= 15 is 0 Å². The van der Waals surface area contributed by atoms with E-state index in [0.717, 1.165) is 32.2 Å². The van der Waals surface area contributed by atoms with Crippen LogP contribution in [0.4, 0.5) is 0 Å². The van der Waals surface area contributed by atoms with Crippen molar-refractivity contribution in [3.63, 3.8) is 0 Å². The van der Waals surface area contributed by atoms with Crippen molar-refractivity contribution in [2.75, 3.05) is 6.61 Å². The molecular formula is C16H26N2O2. The van der Waals surface area contributed by atoms with E-state index in [4.69, 9.17) is 4.74 Å². The summed E-state index contributed by atoms with van der Waals surface area (Å²) >= 11 is 0. The van der Waals surface area contributed by atoms with Crippen molar-refractivity contribution in [1.82, 2.24) is 9.55 Å². The first kappa shape index (κ1) is 16.5. The number of hydrogen-bond acceptors (Lipinski definition) is 3. The predicted molar refractivity (Wildman–Crippen MR) is 80.2 cm³/mol. The average Bonchev–Trinajstić information content (AvgIpc) is 2.89. The SMILES string of the molecule is C/C(=C/C(C)C)C(=O)OCCCCCCn1ccnc1. The summed E-state index contributed by atoms with van der Waals surface area (Å²) in [4.78, 5) is 15.6. The highest BCUT2D eigenvalue weighted by atomic mass is 16.5. The number of rotatable bonds is 9. The van der Waals surface area contributed by atoms with Crippen molar-refractivity contribution in [2.24, 2.45) is 5.92 Å². The number of carbonyl (C=O) groups excluding carboxylic acids is 1. The summed E-state index contributed by atoms with van der Waals surface area (Å²) in [7, 11) is 0. The van der Waals surface area contributed by atoms with Crippen LogP contribution in [-0.2, 0) is 16.1 Å². The van der Waals surface area contributed by atoms with Gasteiger partial charge in [-0.25, -0.2) is 9.78 Å². The van der Waals surface area contributed by atoms with E-state index in [1.807, 2.05) is 25.5 Å². The summed E-state index contributed by atoms with van der Waals surface area (Å²) in [6.07, 6.45) is 11.9. The topological polar surface area (TPSA) is 44.1 Å². The van der Waals surface area contributed by atoms with E-state index in [1.54, 1.807) is 6.20 Å². The molecule has 0 atom stereocenters. The van der Waals surface area contributed by atoms with Crippen LogP contribution in [0.15, 0.2) is 30.4 Å². The van der Waals surface area contributed by atoms with Gasteiger partial charge in [0.25, 0.3) is 0 Å². The van der Waals surface area contributed by atoms with Crippen molar-refractivity contribution in [3.8, 4) is 0 Å². The van der Waals surface area contributed by atoms with Gasteiger partial charge in [0.05, 0.1) is 12.9 Å². The lowest BCUT2D eigenvalue weighted by molar-refractivity contribution is -0.139. The molecule has 1 heterocycles. The number of aryl methyl sites for hydroxylation is 1. The molecule has 0 saturated carbocycles. The summed E-state index contributed by atoms with van der Waals surface area (Å²) in [5.41, 5.74) is 0.708. The average molecular weight is 278 g/mol. The Bertz CT molecular complexity index is 408. The maximum Gasteiger partial charge on any atom is 0.333 e. The van der Waals surface area contributed by atoms with E-state index < -0.39 is 0 Å². The Morgan fingerprint density at radius 3 is 2.70 bits per heavy atom. The van der Waals surface area contributed by atoms with Gasteiger partial charge in [-0.05, 0) is 32.1 Å². The minimum absolute atomic E-state index is 0.183. The Labute approximate surface area is 121 Å². The zero-order valence-electron chi connectivity index (χ0n) is 12.8. The molecule has 0 aromatic carbocycles. The van der Waals surface area contributed by atoms with Crippen molar-refractivity contribution in [1.29, 1.82) is 0 Å². The normalized spacial score (nSPS) is 11.9. The number of imidazole rings is 1. The molecule has 0 saturated heterocycles. The molecule has 0 aliphatic rings. The number of ether oxygens (including phenoxy) is 1. The highest BCUT2D eigenvalue weighted by Gasteiger charge is 2.05. The molecule has 1 aromatic rings. The van der Waals surface area contributed by atoms with Gasteiger partial charge in [0, 0.05) is 24.5 Å². The number of aromatic nitrogens is 2. The van der Waals surface area contributed by atoms with Crippen LogP contribution in [0.1, 0.15) is 46.5 Å². The van der Waals surface area contributed by atoms with E-state index in [2.05, 4.69) is 23.4 Å². The lowest BCUT2D eigenvalue weighted by Gasteiger charge is -2.06.